The van der Waals surface area contributed by atoms with Gasteiger partial charge >= 0.3 is 0 Å². The van der Waals surface area contributed by atoms with Crippen molar-refractivity contribution in [2.45, 2.75) is 12.8 Å². The summed E-state index contributed by atoms with van der Waals surface area (Å²) in [5, 5.41) is 5.27. The highest BCUT2D eigenvalue weighted by molar-refractivity contribution is 7.20. The van der Waals surface area contributed by atoms with Crippen molar-refractivity contribution in [3.05, 3.63) is 42.2 Å². The lowest BCUT2D eigenvalue weighted by Crippen LogP contribution is -1.99. The highest BCUT2D eigenvalue weighted by atomic mass is 32.1. The first-order chi connectivity index (χ1) is 8.86. The van der Waals surface area contributed by atoms with Crippen LogP contribution < -0.4 is 5.73 Å². The summed E-state index contributed by atoms with van der Waals surface area (Å²) in [5.41, 5.74) is 7.74. The molecule has 0 aliphatic carbocycles. The van der Waals surface area contributed by atoms with E-state index in [1.165, 1.54) is 10.3 Å². The van der Waals surface area contributed by atoms with Crippen molar-refractivity contribution >= 4 is 21.6 Å². The summed E-state index contributed by atoms with van der Waals surface area (Å²) in [5.74, 6) is 0. The maximum Gasteiger partial charge on any atom is 0.211 e. The van der Waals surface area contributed by atoms with Gasteiger partial charge in [-0.1, -0.05) is 23.5 Å². The topological polar surface area (TPSA) is 56.7 Å². The summed E-state index contributed by atoms with van der Waals surface area (Å²) in [6.07, 6.45) is 5.89. The highest BCUT2D eigenvalue weighted by Crippen LogP contribution is 2.24. The predicted molar refractivity (Wildman–Crippen MR) is 74.1 cm³/mol. The lowest BCUT2D eigenvalue weighted by molar-refractivity contribution is 0.830. The summed E-state index contributed by atoms with van der Waals surface area (Å²) in [4.78, 5) is 4.57. The number of benzene rings is 1. The Morgan fingerprint density at radius 2 is 2.17 bits per heavy atom. The molecule has 2 N–H and O–H groups in total. The monoisotopic (exact) mass is 258 g/mol. The molecule has 0 saturated heterocycles. The summed E-state index contributed by atoms with van der Waals surface area (Å²) >= 11 is 1.65. The second-order valence-corrected chi connectivity index (χ2v) is 5.16. The summed E-state index contributed by atoms with van der Waals surface area (Å²) in [7, 11) is 0. The van der Waals surface area contributed by atoms with Gasteiger partial charge in [0.1, 0.15) is 0 Å². The molecule has 18 heavy (non-hydrogen) atoms. The van der Waals surface area contributed by atoms with E-state index in [1.807, 2.05) is 35.3 Å². The van der Waals surface area contributed by atoms with Crippen molar-refractivity contribution in [2.24, 2.45) is 5.73 Å². The molecule has 3 aromatic rings. The third-order valence-corrected chi connectivity index (χ3v) is 3.81. The Morgan fingerprint density at radius 3 is 3.00 bits per heavy atom. The van der Waals surface area contributed by atoms with Gasteiger partial charge in [0.05, 0.1) is 16.4 Å². The van der Waals surface area contributed by atoms with Crippen LogP contribution in [0.4, 0.5) is 0 Å². The Hall–Kier alpha value is -1.72. The third kappa shape index (κ3) is 2.14. The van der Waals surface area contributed by atoms with E-state index in [2.05, 4.69) is 16.1 Å². The molecular formula is C13H14N4S. The van der Waals surface area contributed by atoms with Crippen LogP contribution in [0.15, 0.2) is 36.7 Å². The fourth-order valence-corrected chi connectivity index (χ4v) is 2.76. The minimum absolute atomic E-state index is 0.715. The first kappa shape index (κ1) is 11.4. The number of para-hydroxylation sites is 1. The van der Waals surface area contributed by atoms with Gasteiger partial charge in [-0.05, 0) is 37.1 Å². The molecule has 0 radical (unpaired) electrons. The van der Waals surface area contributed by atoms with Gasteiger partial charge in [0.2, 0.25) is 5.13 Å². The van der Waals surface area contributed by atoms with Gasteiger partial charge in [-0.3, -0.25) is 0 Å². The number of fused-ring (bicyclic) bond motifs is 1. The third-order valence-electron chi connectivity index (χ3n) is 2.78. The van der Waals surface area contributed by atoms with Crippen LogP contribution in [0.5, 0.6) is 0 Å². The van der Waals surface area contributed by atoms with Gasteiger partial charge in [0.15, 0.2) is 0 Å². The largest absolute Gasteiger partial charge is 0.330 e. The maximum absolute atomic E-state index is 5.51. The van der Waals surface area contributed by atoms with Crippen LogP contribution in [0, 0.1) is 0 Å². The second kappa shape index (κ2) is 4.88. The van der Waals surface area contributed by atoms with E-state index in [-0.39, 0.29) is 0 Å². The standard InChI is InChI=1S/C13H14N4S/c14-7-3-4-10-8-15-17(9-10)13-16-11-5-1-2-6-12(11)18-13/h1-2,5-6,8-9H,3-4,7,14H2. The zero-order valence-corrected chi connectivity index (χ0v) is 10.7. The van der Waals surface area contributed by atoms with Gasteiger partial charge in [-0.15, -0.1) is 0 Å². The van der Waals surface area contributed by atoms with Crippen molar-refractivity contribution in [2.75, 3.05) is 6.54 Å². The highest BCUT2D eigenvalue weighted by Gasteiger charge is 2.06. The second-order valence-electron chi connectivity index (χ2n) is 4.15. The number of aromatic nitrogens is 3. The molecule has 0 fully saturated rings. The molecule has 2 aromatic heterocycles. The van der Waals surface area contributed by atoms with Crippen molar-refractivity contribution in [3.8, 4) is 5.13 Å². The fourth-order valence-electron chi connectivity index (χ4n) is 1.86. The van der Waals surface area contributed by atoms with Crippen molar-refractivity contribution in [1.29, 1.82) is 0 Å². The Kier molecular flexibility index (Phi) is 3.08. The maximum atomic E-state index is 5.51. The molecule has 0 unspecified atom stereocenters. The molecule has 0 atom stereocenters. The van der Waals surface area contributed by atoms with Crippen LogP contribution in [0.1, 0.15) is 12.0 Å². The lowest BCUT2D eigenvalue weighted by atomic mass is 10.2. The number of thiazole rings is 1. The molecule has 0 bridgehead atoms. The smallest absolute Gasteiger partial charge is 0.211 e. The Morgan fingerprint density at radius 1 is 1.28 bits per heavy atom. The molecule has 92 valence electrons. The van der Waals surface area contributed by atoms with E-state index in [1.54, 1.807) is 11.3 Å². The lowest BCUT2D eigenvalue weighted by Gasteiger charge is -1.93. The van der Waals surface area contributed by atoms with Gasteiger partial charge in [0.25, 0.3) is 0 Å². The van der Waals surface area contributed by atoms with Crippen LogP contribution in [0.3, 0.4) is 0 Å². The molecule has 2 heterocycles. The van der Waals surface area contributed by atoms with Crippen LogP contribution in [-0.2, 0) is 6.42 Å². The number of hydrogen-bond acceptors (Lipinski definition) is 4. The SMILES string of the molecule is NCCCc1cnn(-c2nc3ccccc3s2)c1. The molecule has 5 heteroatoms. The van der Waals surface area contributed by atoms with Crippen LogP contribution >= 0.6 is 11.3 Å². The minimum Gasteiger partial charge on any atom is -0.330 e. The number of hydrogen-bond donors (Lipinski definition) is 1. The minimum atomic E-state index is 0.715. The Bertz CT molecular complexity index is 623. The van der Waals surface area contributed by atoms with E-state index in [9.17, 15) is 0 Å². The van der Waals surface area contributed by atoms with E-state index in [4.69, 9.17) is 5.73 Å². The van der Waals surface area contributed by atoms with Crippen molar-refractivity contribution in [3.63, 3.8) is 0 Å². The Labute approximate surface area is 109 Å². The van der Waals surface area contributed by atoms with Crippen LogP contribution in [-0.4, -0.2) is 21.3 Å². The van der Waals surface area contributed by atoms with Crippen LogP contribution in [0.25, 0.3) is 15.3 Å². The van der Waals surface area contributed by atoms with E-state index in [0.29, 0.717) is 6.54 Å². The molecule has 0 spiro atoms. The van der Waals surface area contributed by atoms with Crippen LogP contribution in [0.2, 0.25) is 0 Å². The number of aryl methyl sites for hydroxylation is 1. The van der Waals surface area contributed by atoms with E-state index in [0.717, 1.165) is 23.5 Å². The fraction of sp³-hybridized carbons (Fsp3) is 0.231. The molecule has 4 nitrogen and oxygen atoms in total. The average molecular weight is 258 g/mol. The molecular weight excluding hydrogens is 244 g/mol. The Balaban J connectivity index is 1.91. The van der Waals surface area contributed by atoms with Gasteiger partial charge < -0.3 is 5.73 Å². The van der Waals surface area contributed by atoms with E-state index < -0.39 is 0 Å². The zero-order valence-electron chi connectivity index (χ0n) is 9.91. The van der Waals surface area contributed by atoms with Crippen molar-refractivity contribution in [1.82, 2.24) is 14.8 Å². The van der Waals surface area contributed by atoms with E-state index >= 15 is 0 Å². The summed E-state index contributed by atoms with van der Waals surface area (Å²) < 4.78 is 3.03. The number of rotatable bonds is 4. The first-order valence-electron chi connectivity index (χ1n) is 5.96. The first-order valence-corrected chi connectivity index (χ1v) is 6.78. The summed E-state index contributed by atoms with van der Waals surface area (Å²) in [6.45, 7) is 0.715. The molecule has 0 aliphatic rings. The number of nitrogens with zero attached hydrogens (tertiary/aromatic N) is 3. The molecule has 0 saturated carbocycles. The zero-order chi connectivity index (χ0) is 12.4. The normalized spacial score (nSPS) is 11.2. The van der Waals surface area contributed by atoms with Crippen molar-refractivity contribution < 1.29 is 0 Å². The van der Waals surface area contributed by atoms with Gasteiger partial charge in [-0.2, -0.15) is 5.10 Å². The predicted octanol–water partition coefficient (Wildman–Crippen LogP) is 2.37. The molecule has 3 rings (SSSR count). The van der Waals surface area contributed by atoms with Gasteiger partial charge in [-0.25, -0.2) is 9.67 Å². The quantitative estimate of drug-likeness (QED) is 0.781. The van der Waals surface area contributed by atoms with Gasteiger partial charge in [0, 0.05) is 6.20 Å². The summed E-state index contributed by atoms with van der Waals surface area (Å²) in [6, 6.07) is 8.13. The average Bonchev–Trinajstić information content (AvgIpc) is 3.02. The molecule has 0 aliphatic heterocycles. The molecule has 1 aromatic carbocycles. The number of nitrogens with two attached hydrogens (primary N) is 1. The molecule has 0 amide bonds.